The van der Waals surface area contributed by atoms with Crippen molar-refractivity contribution in [3.05, 3.63) is 17.7 Å². The van der Waals surface area contributed by atoms with Gasteiger partial charge in [-0.15, -0.1) is 0 Å². The van der Waals surface area contributed by atoms with Crippen LogP contribution in [0.2, 0.25) is 0 Å². The first kappa shape index (κ1) is 10.8. The van der Waals surface area contributed by atoms with Crippen molar-refractivity contribution in [3.8, 4) is 5.75 Å². The van der Waals surface area contributed by atoms with Crippen molar-refractivity contribution >= 4 is 16.7 Å². The predicted molar refractivity (Wildman–Crippen MR) is 67.5 cm³/mol. The molecule has 0 fully saturated rings. The Balaban J connectivity index is 2.70. The fourth-order valence-electron chi connectivity index (χ4n) is 2.10. The molecule has 1 unspecified atom stereocenters. The molecule has 5 nitrogen and oxygen atoms in total. The van der Waals surface area contributed by atoms with Crippen molar-refractivity contribution in [2.24, 2.45) is 7.05 Å². The molecule has 1 aromatic carbocycles. The summed E-state index contributed by atoms with van der Waals surface area (Å²) in [5.74, 6) is -0.254. The molecule has 2 N–H and O–H groups in total. The Hall–Kier alpha value is -1.96. The van der Waals surface area contributed by atoms with E-state index in [1.165, 1.54) is 10.7 Å². The Bertz CT molecular complexity index is 728. The van der Waals surface area contributed by atoms with E-state index in [9.17, 15) is 13.2 Å². The Morgan fingerprint density at radius 3 is 2.70 bits per heavy atom. The zero-order valence-corrected chi connectivity index (χ0v) is 10.7. The van der Waals surface area contributed by atoms with Gasteiger partial charge in [-0.2, -0.15) is 18.3 Å². The molecule has 0 aliphatic rings. The van der Waals surface area contributed by atoms with E-state index < -0.39 is 24.9 Å². The summed E-state index contributed by atoms with van der Waals surface area (Å²) in [6, 6.07) is 2.43. The molecule has 1 heterocycles. The summed E-state index contributed by atoms with van der Waals surface area (Å²) in [4.78, 5) is 0. The summed E-state index contributed by atoms with van der Waals surface area (Å²) in [5.41, 5.74) is 5.67. The Labute approximate surface area is 117 Å². The standard InChI is InChI=1S/C12H14F3N3O2/c1-18-7-5-4-6(10(20-3)12(13,14)15)9(19-2)8(7)11(16)17-18/h4-5,10H,1-3H3,(H2,16,17)/i3D3. The van der Waals surface area contributed by atoms with Crippen LogP contribution in [0.4, 0.5) is 19.0 Å². The fraction of sp³-hybridized carbons (Fsp3) is 0.417. The smallest absolute Gasteiger partial charge is 0.418 e. The molecule has 8 heteroatoms. The minimum atomic E-state index is -4.95. The van der Waals surface area contributed by atoms with Crippen molar-refractivity contribution in [2.45, 2.75) is 12.3 Å². The highest BCUT2D eigenvalue weighted by molar-refractivity contribution is 5.95. The van der Waals surface area contributed by atoms with Crippen LogP contribution >= 0.6 is 0 Å². The van der Waals surface area contributed by atoms with Crippen molar-refractivity contribution in [3.63, 3.8) is 0 Å². The lowest BCUT2D eigenvalue weighted by molar-refractivity contribution is -0.216. The van der Waals surface area contributed by atoms with Gasteiger partial charge in [-0.3, -0.25) is 4.68 Å². The SMILES string of the molecule is [2H]C([2H])([2H])OC(c1ccc2c(c(N)nn2C)c1OC)C(F)(F)F. The Morgan fingerprint density at radius 1 is 1.45 bits per heavy atom. The molecule has 110 valence electrons. The van der Waals surface area contributed by atoms with E-state index >= 15 is 0 Å². The van der Waals surface area contributed by atoms with Crippen LogP contribution in [0, 0.1) is 0 Å². The first-order valence-corrected chi connectivity index (χ1v) is 5.49. The van der Waals surface area contributed by atoms with Crippen LogP contribution in [0.25, 0.3) is 10.9 Å². The Kier molecular flexibility index (Phi) is 2.62. The average Bonchev–Trinajstić information content (AvgIpc) is 2.68. The first-order chi connectivity index (χ1) is 10.5. The number of benzene rings is 1. The summed E-state index contributed by atoms with van der Waals surface area (Å²) in [6.07, 6.45) is -7.64. The van der Waals surface area contributed by atoms with Gasteiger partial charge in [0.2, 0.25) is 0 Å². The van der Waals surface area contributed by atoms with Gasteiger partial charge in [0.1, 0.15) is 5.75 Å². The molecule has 0 saturated heterocycles. The molecule has 0 spiro atoms. The monoisotopic (exact) mass is 292 g/mol. The number of rotatable bonds is 3. The van der Waals surface area contributed by atoms with Crippen LogP contribution in [-0.4, -0.2) is 30.1 Å². The molecule has 0 bridgehead atoms. The van der Waals surface area contributed by atoms with Gasteiger partial charge < -0.3 is 15.2 Å². The highest BCUT2D eigenvalue weighted by atomic mass is 19.4. The van der Waals surface area contributed by atoms with E-state index in [1.54, 1.807) is 7.05 Å². The maximum absolute atomic E-state index is 13.3. The van der Waals surface area contributed by atoms with Crippen molar-refractivity contribution in [2.75, 3.05) is 19.9 Å². The zero-order valence-electron chi connectivity index (χ0n) is 13.7. The van der Waals surface area contributed by atoms with E-state index in [2.05, 4.69) is 9.84 Å². The molecular weight excluding hydrogens is 275 g/mol. The summed E-state index contributed by atoms with van der Waals surface area (Å²) >= 11 is 0. The second-order valence-corrected chi connectivity index (χ2v) is 4.13. The maximum atomic E-state index is 13.3. The number of fused-ring (bicyclic) bond motifs is 1. The normalized spacial score (nSPS) is 16.6. The number of nitrogens with zero attached hydrogens (tertiary/aromatic N) is 2. The number of ether oxygens (including phenoxy) is 2. The molecule has 20 heavy (non-hydrogen) atoms. The third-order valence-corrected chi connectivity index (χ3v) is 2.93. The van der Waals surface area contributed by atoms with E-state index in [4.69, 9.17) is 14.6 Å². The van der Waals surface area contributed by atoms with Crippen molar-refractivity contribution < 1.29 is 26.8 Å². The zero-order chi connectivity index (χ0) is 17.6. The van der Waals surface area contributed by atoms with Crippen LogP contribution < -0.4 is 10.5 Å². The van der Waals surface area contributed by atoms with Crippen LogP contribution in [0.5, 0.6) is 5.75 Å². The van der Waals surface area contributed by atoms with Gasteiger partial charge in [-0.25, -0.2) is 0 Å². The van der Waals surface area contributed by atoms with E-state index in [1.807, 2.05) is 0 Å². The van der Waals surface area contributed by atoms with Gasteiger partial charge in [0.25, 0.3) is 0 Å². The summed E-state index contributed by atoms with van der Waals surface area (Å²) < 4.78 is 71.4. The molecule has 0 aliphatic carbocycles. The molecule has 2 rings (SSSR count). The summed E-state index contributed by atoms with van der Waals surface area (Å²) in [5, 5.41) is 4.08. The number of hydrogen-bond donors (Lipinski definition) is 1. The minimum absolute atomic E-state index is 0.0315. The van der Waals surface area contributed by atoms with E-state index in [0.29, 0.717) is 5.52 Å². The molecule has 1 atom stereocenters. The Morgan fingerprint density at radius 2 is 2.15 bits per heavy atom. The highest BCUT2D eigenvalue weighted by Crippen LogP contribution is 2.43. The minimum Gasteiger partial charge on any atom is -0.496 e. The van der Waals surface area contributed by atoms with Gasteiger partial charge in [0.15, 0.2) is 11.9 Å². The largest absolute Gasteiger partial charge is 0.496 e. The third-order valence-electron chi connectivity index (χ3n) is 2.93. The number of nitrogens with two attached hydrogens (primary N) is 1. The number of aromatic nitrogens is 2. The molecule has 2 aromatic rings. The number of aryl methyl sites for hydroxylation is 1. The maximum Gasteiger partial charge on any atom is 0.418 e. The van der Waals surface area contributed by atoms with Gasteiger partial charge >= 0.3 is 6.18 Å². The van der Waals surface area contributed by atoms with Crippen molar-refractivity contribution in [1.82, 2.24) is 9.78 Å². The summed E-state index contributed by atoms with van der Waals surface area (Å²) in [7, 11) is -0.508. The second kappa shape index (κ2) is 4.86. The lowest BCUT2D eigenvalue weighted by atomic mass is 10.0. The fourth-order valence-corrected chi connectivity index (χ4v) is 2.10. The number of nitrogen functional groups attached to an aromatic ring is 1. The van der Waals surface area contributed by atoms with Crippen LogP contribution in [0.15, 0.2) is 12.1 Å². The lowest BCUT2D eigenvalue weighted by Gasteiger charge is -2.21. The van der Waals surface area contributed by atoms with Gasteiger partial charge in [-0.1, -0.05) is 6.07 Å². The van der Waals surface area contributed by atoms with E-state index in [-0.39, 0.29) is 17.0 Å². The number of anilines is 1. The number of hydrogen-bond acceptors (Lipinski definition) is 4. The molecule has 0 aliphatic heterocycles. The quantitative estimate of drug-likeness (QED) is 0.943. The molecule has 0 saturated carbocycles. The average molecular weight is 292 g/mol. The van der Waals surface area contributed by atoms with Gasteiger partial charge in [0.05, 0.1) is 22.1 Å². The third kappa shape index (κ3) is 2.15. The molecule has 0 amide bonds. The van der Waals surface area contributed by atoms with Crippen molar-refractivity contribution in [1.29, 1.82) is 0 Å². The van der Waals surface area contributed by atoms with Gasteiger partial charge in [0, 0.05) is 19.6 Å². The summed E-state index contributed by atoms with van der Waals surface area (Å²) in [6.45, 7) is 0. The number of halogens is 3. The highest BCUT2D eigenvalue weighted by Gasteiger charge is 2.43. The predicted octanol–water partition coefficient (Wildman–Crippen LogP) is 2.41. The number of alkyl halides is 3. The molecule has 0 radical (unpaired) electrons. The van der Waals surface area contributed by atoms with Crippen LogP contribution in [0.3, 0.4) is 0 Å². The number of methoxy groups -OCH3 is 2. The van der Waals surface area contributed by atoms with E-state index in [0.717, 1.165) is 13.2 Å². The first-order valence-electron chi connectivity index (χ1n) is 6.99. The second-order valence-electron chi connectivity index (χ2n) is 4.13. The molecule has 1 aromatic heterocycles. The van der Waals surface area contributed by atoms with Gasteiger partial charge in [-0.05, 0) is 6.07 Å². The van der Waals surface area contributed by atoms with Crippen LogP contribution in [-0.2, 0) is 11.8 Å². The lowest BCUT2D eigenvalue weighted by Crippen LogP contribution is -2.23. The van der Waals surface area contributed by atoms with Crippen LogP contribution in [0.1, 0.15) is 15.8 Å². The topological polar surface area (TPSA) is 62.3 Å². The molecular formula is C12H14F3N3O2.